The molecule has 0 saturated carbocycles. The highest BCUT2D eigenvalue weighted by atomic mass is 79.9. The van der Waals surface area contributed by atoms with Gasteiger partial charge in [-0.1, -0.05) is 46.3 Å². The standard InChI is InChI=1S/C12H10BrF7N2/c13-7-8(6-4-2-1-3-5-6)21-22-9(7)10(14,15)11(16,17)12(18,19)20/h1-5,7-9,21-22H. The van der Waals surface area contributed by atoms with E-state index in [9.17, 15) is 30.7 Å². The molecule has 3 atom stereocenters. The second kappa shape index (κ2) is 5.64. The number of hydrazine groups is 1. The van der Waals surface area contributed by atoms with E-state index in [0.29, 0.717) is 5.56 Å². The third kappa shape index (κ3) is 2.71. The van der Waals surface area contributed by atoms with E-state index in [-0.39, 0.29) is 0 Å². The number of nitrogens with one attached hydrogen (secondary N) is 2. The normalized spacial score (nSPS) is 27.2. The fraction of sp³-hybridized carbons (Fsp3) is 0.500. The first-order chi connectivity index (χ1) is 10.00. The van der Waals surface area contributed by atoms with Gasteiger partial charge in [0.25, 0.3) is 0 Å². The molecule has 124 valence electrons. The molecule has 22 heavy (non-hydrogen) atoms. The maximum atomic E-state index is 13.7. The summed E-state index contributed by atoms with van der Waals surface area (Å²) in [6.45, 7) is 0. The number of alkyl halides is 8. The summed E-state index contributed by atoms with van der Waals surface area (Å²) in [5.41, 5.74) is 4.63. The molecule has 0 radical (unpaired) electrons. The van der Waals surface area contributed by atoms with E-state index < -0.39 is 34.9 Å². The zero-order valence-electron chi connectivity index (χ0n) is 10.6. The smallest absolute Gasteiger partial charge is 0.249 e. The van der Waals surface area contributed by atoms with Gasteiger partial charge < -0.3 is 0 Å². The highest BCUT2D eigenvalue weighted by Gasteiger charge is 2.76. The van der Waals surface area contributed by atoms with Crippen LogP contribution in [0.3, 0.4) is 0 Å². The molecule has 1 aliphatic rings. The van der Waals surface area contributed by atoms with Gasteiger partial charge in [0.1, 0.15) is 6.04 Å². The summed E-state index contributed by atoms with van der Waals surface area (Å²) in [5.74, 6) is -11.5. The van der Waals surface area contributed by atoms with Crippen molar-refractivity contribution >= 4 is 15.9 Å². The third-order valence-electron chi connectivity index (χ3n) is 3.36. The maximum absolute atomic E-state index is 13.7. The van der Waals surface area contributed by atoms with Crippen LogP contribution in [0.15, 0.2) is 30.3 Å². The van der Waals surface area contributed by atoms with Gasteiger partial charge in [-0.25, -0.2) is 10.9 Å². The van der Waals surface area contributed by atoms with Crippen LogP contribution in [0.1, 0.15) is 11.6 Å². The molecule has 2 rings (SSSR count). The van der Waals surface area contributed by atoms with Crippen molar-refractivity contribution in [1.29, 1.82) is 0 Å². The Morgan fingerprint density at radius 3 is 1.91 bits per heavy atom. The molecule has 2 N–H and O–H groups in total. The summed E-state index contributed by atoms with van der Waals surface area (Å²) in [5, 5.41) is 0. The van der Waals surface area contributed by atoms with E-state index in [1.54, 1.807) is 18.2 Å². The summed E-state index contributed by atoms with van der Waals surface area (Å²) in [6.07, 6.45) is -6.35. The SMILES string of the molecule is FC(F)(F)C(F)(F)C(F)(F)C1NNC(c2ccccc2)C1Br. The monoisotopic (exact) mass is 394 g/mol. The van der Waals surface area contributed by atoms with Crippen LogP contribution in [-0.2, 0) is 0 Å². The molecule has 0 aliphatic carbocycles. The average molecular weight is 395 g/mol. The zero-order valence-corrected chi connectivity index (χ0v) is 12.2. The second-order valence-corrected chi connectivity index (χ2v) is 5.85. The van der Waals surface area contributed by atoms with Gasteiger partial charge in [0.2, 0.25) is 0 Å². The van der Waals surface area contributed by atoms with Crippen LogP contribution < -0.4 is 10.9 Å². The van der Waals surface area contributed by atoms with Crippen LogP contribution in [0, 0.1) is 0 Å². The third-order valence-corrected chi connectivity index (χ3v) is 4.41. The van der Waals surface area contributed by atoms with Crippen molar-refractivity contribution in [3.63, 3.8) is 0 Å². The van der Waals surface area contributed by atoms with E-state index in [1.165, 1.54) is 12.1 Å². The molecule has 0 aromatic heterocycles. The van der Waals surface area contributed by atoms with E-state index >= 15 is 0 Å². The highest BCUT2D eigenvalue weighted by molar-refractivity contribution is 9.09. The van der Waals surface area contributed by atoms with Gasteiger partial charge >= 0.3 is 18.0 Å². The van der Waals surface area contributed by atoms with Gasteiger partial charge in [0.15, 0.2) is 0 Å². The topological polar surface area (TPSA) is 24.1 Å². The van der Waals surface area contributed by atoms with Crippen molar-refractivity contribution in [2.24, 2.45) is 0 Å². The molecule has 1 fully saturated rings. The lowest BCUT2D eigenvalue weighted by Crippen LogP contribution is -2.62. The molecule has 1 saturated heterocycles. The Balaban J connectivity index is 2.27. The Hall–Kier alpha value is -0.870. The molecule has 0 spiro atoms. The minimum absolute atomic E-state index is 0.463. The molecule has 1 aliphatic heterocycles. The van der Waals surface area contributed by atoms with Crippen molar-refractivity contribution in [3.05, 3.63) is 35.9 Å². The molecular formula is C12H10BrF7N2. The molecular weight excluding hydrogens is 385 g/mol. The van der Waals surface area contributed by atoms with Gasteiger partial charge in [0, 0.05) is 0 Å². The van der Waals surface area contributed by atoms with Crippen LogP contribution in [-0.4, -0.2) is 28.9 Å². The fourth-order valence-electron chi connectivity index (χ4n) is 2.13. The van der Waals surface area contributed by atoms with Crippen molar-refractivity contribution < 1.29 is 30.7 Å². The van der Waals surface area contributed by atoms with Crippen molar-refractivity contribution in [3.8, 4) is 0 Å². The highest BCUT2D eigenvalue weighted by Crippen LogP contribution is 2.50. The molecule has 0 amide bonds. The first kappa shape index (κ1) is 17.5. The average Bonchev–Trinajstić information content (AvgIpc) is 2.80. The lowest BCUT2D eigenvalue weighted by molar-refractivity contribution is -0.359. The second-order valence-electron chi connectivity index (χ2n) is 4.79. The number of hydrogen-bond acceptors (Lipinski definition) is 2. The molecule has 0 bridgehead atoms. The van der Waals surface area contributed by atoms with Crippen molar-refractivity contribution in [1.82, 2.24) is 10.9 Å². The number of halogens is 8. The van der Waals surface area contributed by atoms with Crippen LogP contribution in [0.4, 0.5) is 30.7 Å². The van der Waals surface area contributed by atoms with Gasteiger partial charge in [0.05, 0.1) is 10.9 Å². The van der Waals surface area contributed by atoms with E-state index in [1.807, 2.05) is 5.43 Å². The summed E-state index contributed by atoms with van der Waals surface area (Å²) in [7, 11) is 0. The minimum Gasteiger partial charge on any atom is -0.249 e. The minimum atomic E-state index is -6.35. The first-order valence-corrected chi connectivity index (χ1v) is 6.94. The van der Waals surface area contributed by atoms with Crippen LogP contribution >= 0.6 is 15.9 Å². The van der Waals surface area contributed by atoms with Crippen LogP contribution in [0.5, 0.6) is 0 Å². The molecule has 1 heterocycles. The van der Waals surface area contributed by atoms with E-state index in [0.717, 1.165) is 0 Å². The lowest BCUT2D eigenvalue weighted by atomic mass is 9.95. The Morgan fingerprint density at radius 1 is 0.864 bits per heavy atom. The Bertz CT molecular complexity index is 520. The first-order valence-electron chi connectivity index (χ1n) is 6.02. The predicted octanol–water partition coefficient (Wildman–Crippen LogP) is 3.80. The number of hydrogen-bond donors (Lipinski definition) is 2. The van der Waals surface area contributed by atoms with Crippen molar-refractivity contribution in [2.75, 3.05) is 0 Å². The summed E-state index contributed by atoms with van der Waals surface area (Å²) >= 11 is 2.80. The summed E-state index contributed by atoms with van der Waals surface area (Å²) in [6, 6.07) is 4.57. The van der Waals surface area contributed by atoms with E-state index in [2.05, 4.69) is 21.4 Å². The van der Waals surface area contributed by atoms with E-state index in [4.69, 9.17) is 0 Å². The molecule has 10 heteroatoms. The Labute approximate surface area is 129 Å². The predicted molar refractivity (Wildman–Crippen MR) is 67.9 cm³/mol. The maximum Gasteiger partial charge on any atom is 0.459 e. The van der Waals surface area contributed by atoms with Gasteiger partial charge in [-0.2, -0.15) is 30.7 Å². The fourth-order valence-corrected chi connectivity index (χ4v) is 3.04. The number of rotatable bonds is 3. The molecule has 1 aromatic carbocycles. The zero-order chi connectivity index (χ0) is 16.8. The van der Waals surface area contributed by atoms with Crippen molar-refractivity contribution in [2.45, 2.75) is 34.9 Å². The summed E-state index contributed by atoms with van der Waals surface area (Å²) < 4.78 is 90.4. The molecule has 3 unspecified atom stereocenters. The van der Waals surface area contributed by atoms with Crippen LogP contribution in [0.25, 0.3) is 0 Å². The van der Waals surface area contributed by atoms with Gasteiger partial charge in [-0.3, -0.25) is 0 Å². The number of benzene rings is 1. The molecule has 2 nitrogen and oxygen atoms in total. The Morgan fingerprint density at radius 2 is 1.41 bits per heavy atom. The quantitative estimate of drug-likeness (QED) is 0.601. The largest absolute Gasteiger partial charge is 0.459 e. The summed E-state index contributed by atoms with van der Waals surface area (Å²) in [4.78, 5) is -1.38. The van der Waals surface area contributed by atoms with Crippen LogP contribution in [0.2, 0.25) is 0 Å². The Kier molecular flexibility index (Phi) is 4.48. The molecule has 1 aromatic rings. The lowest BCUT2D eigenvalue weighted by Gasteiger charge is -2.33. The van der Waals surface area contributed by atoms with Gasteiger partial charge in [-0.05, 0) is 5.56 Å². The van der Waals surface area contributed by atoms with Gasteiger partial charge in [-0.15, -0.1) is 0 Å².